The van der Waals surface area contributed by atoms with Gasteiger partial charge in [0.25, 0.3) is 0 Å². The largest absolute Gasteiger partial charge is 0.493 e. The molecule has 0 unspecified atom stereocenters. The van der Waals surface area contributed by atoms with Crippen LogP contribution in [0.4, 0.5) is 4.79 Å². The van der Waals surface area contributed by atoms with E-state index in [4.69, 9.17) is 9.47 Å². The number of benzene rings is 4. The number of carbonyl (C=O) groups excluding carboxylic acids is 1. The number of hydrogen-bond acceptors (Lipinski definition) is 5. The van der Waals surface area contributed by atoms with Crippen molar-refractivity contribution in [3.05, 3.63) is 108 Å². The molecule has 1 aliphatic rings. The van der Waals surface area contributed by atoms with Crippen molar-refractivity contribution in [2.24, 2.45) is 5.92 Å². The molecule has 7 nitrogen and oxygen atoms in total. The van der Waals surface area contributed by atoms with Gasteiger partial charge in [0.1, 0.15) is 0 Å². The van der Waals surface area contributed by atoms with E-state index in [-0.39, 0.29) is 34.9 Å². The van der Waals surface area contributed by atoms with Gasteiger partial charge in [-0.3, -0.25) is 0 Å². The number of nitrogens with zero attached hydrogens (tertiary/aromatic N) is 1. The molecule has 4 aromatic rings. The van der Waals surface area contributed by atoms with Crippen LogP contribution >= 0.6 is 0 Å². The topological polar surface area (TPSA) is 88.1 Å². The highest BCUT2D eigenvalue weighted by Crippen LogP contribution is 2.35. The number of rotatable bonds is 8. The Morgan fingerprint density at radius 1 is 0.949 bits per heavy atom. The summed E-state index contributed by atoms with van der Waals surface area (Å²) < 4.78 is 11.0. The van der Waals surface area contributed by atoms with Crippen molar-refractivity contribution >= 4 is 22.8 Å². The summed E-state index contributed by atoms with van der Waals surface area (Å²) in [6, 6.07) is 29.4. The molecule has 2 N–H and O–H groups in total. The Morgan fingerprint density at radius 3 is 2.46 bits per heavy atom. The van der Waals surface area contributed by atoms with E-state index in [0.29, 0.717) is 13.1 Å². The summed E-state index contributed by atoms with van der Waals surface area (Å²) >= 11 is 0. The summed E-state index contributed by atoms with van der Waals surface area (Å²) in [7, 11) is 1.42. The van der Waals surface area contributed by atoms with E-state index in [9.17, 15) is 14.7 Å². The Hall–Kier alpha value is -4.36. The van der Waals surface area contributed by atoms with Gasteiger partial charge in [0.2, 0.25) is 0 Å². The minimum Gasteiger partial charge on any atom is -0.493 e. The standard InChI is InChI=1S/C32H32N2O5/c1-21(26-14-8-12-22-11-6-7-13-27(22)26)33-18-25-19-34(20-28(25)23-9-4-3-5-10-23)32(37)39-29-16-15-24(31(35)36)17-30(29)38-2/h3-17,21,25,28,33H,18-20H2,1-2H3,(H,35,36)/t21-,25+,28-/m1/s1. The fourth-order valence-corrected chi connectivity index (χ4v) is 5.41. The monoisotopic (exact) mass is 524 g/mol. The number of hydrogen-bond donors (Lipinski definition) is 2. The number of likely N-dealkylation sites (tertiary alicyclic amines) is 1. The third kappa shape index (κ3) is 5.73. The van der Waals surface area contributed by atoms with Crippen LogP contribution in [0, 0.1) is 5.92 Å². The number of amides is 1. The van der Waals surface area contributed by atoms with Gasteiger partial charge >= 0.3 is 12.1 Å². The molecule has 3 atom stereocenters. The molecule has 0 spiro atoms. The lowest BCUT2D eigenvalue weighted by molar-refractivity contribution is 0.0696. The second-order valence-electron chi connectivity index (χ2n) is 9.92. The first-order valence-corrected chi connectivity index (χ1v) is 13.1. The summed E-state index contributed by atoms with van der Waals surface area (Å²) in [4.78, 5) is 26.3. The van der Waals surface area contributed by atoms with Gasteiger partial charge in [-0.2, -0.15) is 0 Å². The molecule has 1 amide bonds. The van der Waals surface area contributed by atoms with Gasteiger partial charge in [0.15, 0.2) is 11.5 Å². The van der Waals surface area contributed by atoms with Crippen molar-refractivity contribution in [2.45, 2.75) is 18.9 Å². The van der Waals surface area contributed by atoms with Crippen molar-refractivity contribution in [2.75, 3.05) is 26.7 Å². The Balaban J connectivity index is 1.32. The van der Waals surface area contributed by atoms with Crippen molar-refractivity contribution in [1.29, 1.82) is 0 Å². The summed E-state index contributed by atoms with van der Waals surface area (Å²) in [5, 5.41) is 15.4. The number of carbonyl (C=O) groups is 2. The third-order valence-electron chi connectivity index (χ3n) is 7.51. The van der Waals surface area contributed by atoms with E-state index >= 15 is 0 Å². The van der Waals surface area contributed by atoms with Crippen LogP contribution in [0.2, 0.25) is 0 Å². The normalized spacial score (nSPS) is 17.6. The van der Waals surface area contributed by atoms with E-state index in [0.717, 1.165) is 6.54 Å². The van der Waals surface area contributed by atoms with Gasteiger partial charge in [0.05, 0.1) is 12.7 Å². The molecule has 0 aliphatic carbocycles. The quantitative estimate of drug-likeness (QED) is 0.289. The van der Waals surface area contributed by atoms with Crippen LogP contribution in [-0.4, -0.2) is 48.8 Å². The van der Waals surface area contributed by atoms with Gasteiger partial charge in [-0.15, -0.1) is 0 Å². The maximum absolute atomic E-state index is 13.2. The summed E-state index contributed by atoms with van der Waals surface area (Å²) in [6.45, 7) is 3.95. The van der Waals surface area contributed by atoms with Crippen LogP contribution in [0.15, 0.2) is 91.0 Å². The first-order valence-electron chi connectivity index (χ1n) is 13.1. The van der Waals surface area contributed by atoms with Crippen molar-refractivity contribution < 1.29 is 24.2 Å². The lowest BCUT2D eigenvalue weighted by atomic mass is 9.88. The molecule has 1 saturated heterocycles. The average Bonchev–Trinajstić information content (AvgIpc) is 3.40. The number of nitrogens with one attached hydrogen (secondary N) is 1. The average molecular weight is 525 g/mol. The number of methoxy groups -OCH3 is 1. The molecule has 39 heavy (non-hydrogen) atoms. The van der Waals surface area contributed by atoms with Crippen LogP contribution in [0.25, 0.3) is 10.8 Å². The number of ether oxygens (including phenoxy) is 2. The second kappa shape index (κ2) is 11.6. The van der Waals surface area contributed by atoms with E-state index in [1.165, 1.54) is 47.2 Å². The summed E-state index contributed by atoms with van der Waals surface area (Å²) in [6.07, 6.45) is -0.484. The Kier molecular flexibility index (Phi) is 7.79. The molecule has 1 fully saturated rings. The van der Waals surface area contributed by atoms with Crippen LogP contribution < -0.4 is 14.8 Å². The number of aromatic carboxylic acids is 1. The highest BCUT2D eigenvalue weighted by molar-refractivity contribution is 5.89. The molecule has 0 aromatic heterocycles. The molecule has 0 bridgehead atoms. The fourth-order valence-electron chi connectivity index (χ4n) is 5.41. The molecule has 1 aliphatic heterocycles. The Morgan fingerprint density at radius 2 is 1.69 bits per heavy atom. The van der Waals surface area contributed by atoms with Crippen LogP contribution in [0.3, 0.4) is 0 Å². The molecule has 0 radical (unpaired) electrons. The van der Waals surface area contributed by atoms with Gasteiger partial charge < -0.3 is 24.8 Å². The lowest BCUT2D eigenvalue weighted by Crippen LogP contribution is -2.33. The smallest absolute Gasteiger partial charge is 0.415 e. The van der Waals surface area contributed by atoms with Crippen molar-refractivity contribution in [1.82, 2.24) is 10.2 Å². The lowest BCUT2D eigenvalue weighted by Gasteiger charge is -2.23. The van der Waals surface area contributed by atoms with E-state index < -0.39 is 12.1 Å². The third-order valence-corrected chi connectivity index (χ3v) is 7.51. The van der Waals surface area contributed by atoms with Crippen LogP contribution in [-0.2, 0) is 0 Å². The number of carboxylic acids is 1. The van der Waals surface area contributed by atoms with Gasteiger partial charge in [-0.25, -0.2) is 9.59 Å². The Bertz CT molecular complexity index is 1470. The predicted octanol–water partition coefficient (Wildman–Crippen LogP) is 6.11. The Labute approximate surface area is 228 Å². The zero-order valence-electron chi connectivity index (χ0n) is 22.0. The zero-order valence-corrected chi connectivity index (χ0v) is 22.0. The molecule has 1 heterocycles. The fraction of sp³-hybridized carbons (Fsp3) is 0.250. The van der Waals surface area contributed by atoms with Gasteiger partial charge in [-0.05, 0) is 52.9 Å². The van der Waals surface area contributed by atoms with Crippen LogP contribution in [0.5, 0.6) is 11.5 Å². The maximum atomic E-state index is 13.2. The van der Waals surface area contributed by atoms with Gasteiger partial charge in [-0.1, -0.05) is 72.8 Å². The van der Waals surface area contributed by atoms with Gasteiger partial charge in [0, 0.05) is 31.6 Å². The molecule has 5 rings (SSSR count). The van der Waals surface area contributed by atoms with E-state index in [1.54, 1.807) is 4.90 Å². The maximum Gasteiger partial charge on any atom is 0.415 e. The minimum atomic E-state index is -1.08. The minimum absolute atomic E-state index is 0.0587. The molecular formula is C32H32N2O5. The van der Waals surface area contributed by atoms with Crippen molar-refractivity contribution in [3.8, 4) is 11.5 Å². The molecule has 200 valence electrons. The number of fused-ring (bicyclic) bond motifs is 1. The SMILES string of the molecule is COc1cc(C(=O)O)ccc1OC(=O)N1C[C@H](CN[C@H](C)c2cccc3ccccc23)[C@@H](c2ccccc2)C1. The zero-order chi connectivity index (χ0) is 27.4. The second-order valence-corrected chi connectivity index (χ2v) is 9.92. The van der Waals surface area contributed by atoms with Crippen molar-refractivity contribution in [3.63, 3.8) is 0 Å². The predicted molar refractivity (Wildman–Crippen MR) is 151 cm³/mol. The summed E-state index contributed by atoms with van der Waals surface area (Å²) in [5.74, 6) is -0.375. The first kappa shape index (κ1) is 26.3. The molecule has 4 aromatic carbocycles. The van der Waals surface area contributed by atoms with E-state index in [1.807, 2.05) is 18.2 Å². The number of carboxylic acid groups (broad SMARTS) is 1. The molecular weight excluding hydrogens is 492 g/mol. The first-order chi connectivity index (χ1) is 18.9. The highest BCUT2D eigenvalue weighted by atomic mass is 16.6. The van der Waals surface area contributed by atoms with E-state index in [2.05, 4.69) is 66.8 Å². The molecule has 0 saturated carbocycles. The summed E-state index contributed by atoms with van der Waals surface area (Å²) in [5.41, 5.74) is 2.49. The van der Waals surface area contributed by atoms with Crippen LogP contribution in [0.1, 0.15) is 40.4 Å². The molecule has 7 heteroatoms. The highest BCUT2D eigenvalue weighted by Gasteiger charge is 2.37.